The summed E-state index contributed by atoms with van der Waals surface area (Å²) in [6, 6.07) is 16.0. The summed E-state index contributed by atoms with van der Waals surface area (Å²) in [5, 5.41) is 3.17. The topological polar surface area (TPSA) is 62.4 Å². The Hall–Kier alpha value is -1.89. The van der Waals surface area contributed by atoms with E-state index in [1.165, 1.54) is 5.56 Å². The Bertz CT molecular complexity index is 769. The predicted octanol–water partition coefficient (Wildman–Crippen LogP) is 3.00. The van der Waals surface area contributed by atoms with Gasteiger partial charge >= 0.3 is 0 Å². The summed E-state index contributed by atoms with van der Waals surface area (Å²) in [5.74, 6) is 0.864. The van der Waals surface area contributed by atoms with Crippen molar-refractivity contribution < 1.29 is 9.53 Å². The molecule has 2 aliphatic rings. The molecule has 3 N–H and O–H groups in total. The van der Waals surface area contributed by atoms with Crippen LogP contribution in [0, 0.1) is 0 Å². The van der Waals surface area contributed by atoms with Gasteiger partial charge in [-0.25, -0.2) is 10.9 Å². The second-order valence-corrected chi connectivity index (χ2v) is 7.34. The van der Waals surface area contributed by atoms with Crippen molar-refractivity contribution in [3.05, 3.63) is 64.1 Å². The number of halogens is 1. The Balaban J connectivity index is 1.43. The highest BCUT2D eigenvalue weighted by molar-refractivity contribution is 9.10. The van der Waals surface area contributed by atoms with E-state index in [0.29, 0.717) is 6.61 Å². The fraction of sp³-hybridized carbons (Fsp3) is 0.316. The third-order valence-corrected chi connectivity index (χ3v) is 5.24. The number of amides is 1. The Morgan fingerprint density at radius 3 is 2.84 bits per heavy atom. The first-order chi connectivity index (χ1) is 12.2. The normalized spacial score (nSPS) is 25.1. The van der Waals surface area contributed by atoms with Crippen LogP contribution in [0.2, 0.25) is 0 Å². The third kappa shape index (κ3) is 3.56. The van der Waals surface area contributed by atoms with Gasteiger partial charge < -0.3 is 10.1 Å². The SMILES string of the molecule is O=C(NC1CCOc2ccc(Br)cc21)C1CC(c2ccccc2)NN1. The number of carbonyl (C=O) groups is 1. The van der Waals surface area contributed by atoms with E-state index < -0.39 is 0 Å². The Morgan fingerprint density at radius 1 is 1.16 bits per heavy atom. The van der Waals surface area contributed by atoms with Gasteiger partial charge in [0.2, 0.25) is 5.91 Å². The highest BCUT2D eigenvalue weighted by Gasteiger charge is 2.32. The summed E-state index contributed by atoms with van der Waals surface area (Å²) in [4.78, 5) is 12.7. The summed E-state index contributed by atoms with van der Waals surface area (Å²) < 4.78 is 6.68. The lowest BCUT2D eigenvalue weighted by atomic mass is 9.99. The zero-order valence-electron chi connectivity index (χ0n) is 13.7. The van der Waals surface area contributed by atoms with E-state index in [-0.39, 0.29) is 24.0 Å². The van der Waals surface area contributed by atoms with Gasteiger partial charge in [-0.1, -0.05) is 46.3 Å². The summed E-state index contributed by atoms with van der Waals surface area (Å²) >= 11 is 3.49. The van der Waals surface area contributed by atoms with Gasteiger partial charge in [-0.05, 0) is 30.2 Å². The van der Waals surface area contributed by atoms with Gasteiger partial charge in [-0.15, -0.1) is 0 Å². The highest BCUT2D eigenvalue weighted by Crippen LogP contribution is 2.34. The van der Waals surface area contributed by atoms with Gasteiger partial charge in [-0.3, -0.25) is 4.79 Å². The number of fused-ring (bicyclic) bond motifs is 1. The van der Waals surface area contributed by atoms with Crippen molar-refractivity contribution in [3.63, 3.8) is 0 Å². The highest BCUT2D eigenvalue weighted by atomic mass is 79.9. The molecule has 0 bridgehead atoms. The molecule has 1 amide bonds. The van der Waals surface area contributed by atoms with Crippen LogP contribution in [0.4, 0.5) is 0 Å². The van der Waals surface area contributed by atoms with E-state index in [0.717, 1.165) is 28.6 Å². The Morgan fingerprint density at radius 2 is 2.00 bits per heavy atom. The molecule has 0 saturated carbocycles. The third-order valence-electron chi connectivity index (χ3n) is 4.75. The van der Waals surface area contributed by atoms with Crippen LogP contribution in [0.15, 0.2) is 53.0 Å². The molecule has 2 aliphatic heterocycles. The van der Waals surface area contributed by atoms with Crippen molar-refractivity contribution in [3.8, 4) is 5.75 Å². The number of hydrogen-bond acceptors (Lipinski definition) is 4. The van der Waals surface area contributed by atoms with Gasteiger partial charge in [0.25, 0.3) is 0 Å². The standard InChI is InChI=1S/C19H20BrN3O2/c20-13-6-7-18-14(10-13)15(8-9-25-18)21-19(24)17-11-16(22-23-17)12-4-2-1-3-5-12/h1-7,10,15-17,22-23H,8-9,11H2,(H,21,24). The minimum absolute atomic E-state index is 0.0174. The van der Waals surface area contributed by atoms with Crippen LogP contribution in [0.3, 0.4) is 0 Å². The fourth-order valence-corrected chi connectivity index (χ4v) is 3.80. The zero-order valence-corrected chi connectivity index (χ0v) is 15.3. The van der Waals surface area contributed by atoms with Crippen LogP contribution in [0.25, 0.3) is 0 Å². The van der Waals surface area contributed by atoms with Crippen LogP contribution in [0.1, 0.15) is 36.1 Å². The summed E-state index contributed by atoms with van der Waals surface area (Å²) in [5.41, 5.74) is 8.57. The van der Waals surface area contributed by atoms with Gasteiger partial charge in [0, 0.05) is 22.5 Å². The van der Waals surface area contributed by atoms with Gasteiger partial charge in [-0.2, -0.15) is 0 Å². The molecule has 5 nitrogen and oxygen atoms in total. The lowest BCUT2D eigenvalue weighted by Gasteiger charge is -2.27. The molecule has 2 aromatic carbocycles. The van der Waals surface area contributed by atoms with E-state index in [1.54, 1.807) is 0 Å². The smallest absolute Gasteiger partial charge is 0.239 e. The lowest BCUT2D eigenvalue weighted by molar-refractivity contribution is -0.123. The van der Waals surface area contributed by atoms with Gasteiger partial charge in [0.15, 0.2) is 0 Å². The molecule has 2 heterocycles. The maximum atomic E-state index is 12.7. The first kappa shape index (κ1) is 16.6. The van der Waals surface area contributed by atoms with E-state index in [1.807, 2.05) is 36.4 Å². The van der Waals surface area contributed by atoms with Crippen molar-refractivity contribution >= 4 is 21.8 Å². The molecule has 0 radical (unpaired) electrons. The molecule has 25 heavy (non-hydrogen) atoms. The van der Waals surface area contributed by atoms with Crippen molar-refractivity contribution in [2.45, 2.75) is 31.0 Å². The molecule has 4 rings (SSSR count). The number of hydrogen-bond donors (Lipinski definition) is 3. The first-order valence-corrected chi connectivity index (χ1v) is 9.28. The number of benzene rings is 2. The molecule has 0 aliphatic carbocycles. The van der Waals surface area contributed by atoms with Crippen LogP contribution in [0.5, 0.6) is 5.75 Å². The van der Waals surface area contributed by atoms with Crippen molar-refractivity contribution in [1.82, 2.24) is 16.2 Å². The van der Waals surface area contributed by atoms with Crippen LogP contribution < -0.4 is 20.9 Å². The van der Waals surface area contributed by atoms with Crippen LogP contribution in [-0.2, 0) is 4.79 Å². The minimum Gasteiger partial charge on any atom is -0.493 e. The molecule has 1 fully saturated rings. The predicted molar refractivity (Wildman–Crippen MR) is 99.0 cm³/mol. The Kier molecular flexibility index (Phi) is 4.74. The molecular formula is C19H20BrN3O2. The molecule has 3 atom stereocenters. The largest absolute Gasteiger partial charge is 0.493 e. The van der Waals surface area contributed by atoms with E-state index in [4.69, 9.17) is 4.74 Å². The van der Waals surface area contributed by atoms with Crippen LogP contribution >= 0.6 is 15.9 Å². The molecule has 6 heteroatoms. The van der Waals surface area contributed by atoms with Crippen molar-refractivity contribution in [2.75, 3.05) is 6.61 Å². The second kappa shape index (κ2) is 7.15. The average molecular weight is 402 g/mol. The summed E-state index contributed by atoms with van der Waals surface area (Å²) in [7, 11) is 0. The van der Waals surface area contributed by atoms with Crippen LogP contribution in [-0.4, -0.2) is 18.6 Å². The van der Waals surface area contributed by atoms with Gasteiger partial charge in [0.1, 0.15) is 11.8 Å². The first-order valence-electron chi connectivity index (χ1n) is 8.49. The molecule has 0 aromatic heterocycles. The van der Waals surface area contributed by atoms with E-state index in [2.05, 4.69) is 44.2 Å². The van der Waals surface area contributed by atoms with E-state index >= 15 is 0 Å². The number of rotatable bonds is 3. The average Bonchev–Trinajstić information content (AvgIpc) is 3.13. The number of carbonyl (C=O) groups excluding carboxylic acids is 1. The zero-order chi connectivity index (χ0) is 17.2. The molecule has 0 spiro atoms. The Labute approximate surface area is 155 Å². The van der Waals surface area contributed by atoms with Gasteiger partial charge in [0.05, 0.1) is 12.6 Å². The maximum absolute atomic E-state index is 12.7. The molecule has 130 valence electrons. The lowest BCUT2D eigenvalue weighted by Crippen LogP contribution is -2.45. The fourth-order valence-electron chi connectivity index (χ4n) is 3.42. The van der Waals surface area contributed by atoms with Crippen molar-refractivity contribution in [2.24, 2.45) is 0 Å². The minimum atomic E-state index is -0.247. The molecule has 3 unspecified atom stereocenters. The molecular weight excluding hydrogens is 382 g/mol. The monoisotopic (exact) mass is 401 g/mol. The quantitative estimate of drug-likeness (QED) is 0.739. The maximum Gasteiger partial charge on any atom is 0.239 e. The number of nitrogens with one attached hydrogen (secondary N) is 3. The molecule has 2 aromatic rings. The number of ether oxygens (including phenoxy) is 1. The van der Waals surface area contributed by atoms with E-state index in [9.17, 15) is 4.79 Å². The molecule has 1 saturated heterocycles. The van der Waals surface area contributed by atoms with Crippen molar-refractivity contribution in [1.29, 1.82) is 0 Å². The number of hydrazine groups is 1. The summed E-state index contributed by atoms with van der Waals surface area (Å²) in [6.07, 6.45) is 1.50. The second-order valence-electron chi connectivity index (χ2n) is 6.42. The summed E-state index contributed by atoms with van der Waals surface area (Å²) in [6.45, 7) is 0.614.